The Hall–Kier alpha value is -5.81. The average molecular weight is 603 g/mol. The summed E-state index contributed by atoms with van der Waals surface area (Å²) in [6.07, 6.45) is -2.23. The first-order chi connectivity index (χ1) is 21.9. The minimum Gasteiger partial charge on any atom is -0.459 e. The molecule has 6 aromatic rings. The number of H-pyrrole nitrogens is 1. The predicted molar refractivity (Wildman–Crippen MR) is 163 cm³/mol. The number of carbonyl (C=O) groups is 3. The summed E-state index contributed by atoms with van der Waals surface area (Å²) in [5.74, 6) is -1.02. The van der Waals surface area contributed by atoms with Crippen LogP contribution in [0, 0.1) is 0 Å². The fraction of sp³-hybridized carbons (Fsp3) is 0.147. The van der Waals surface area contributed by atoms with Gasteiger partial charge < -0.3 is 29.3 Å². The van der Waals surface area contributed by atoms with E-state index in [1.165, 1.54) is 0 Å². The van der Waals surface area contributed by atoms with Gasteiger partial charge in [0.2, 0.25) is 5.89 Å². The van der Waals surface area contributed by atoms with Crippen LogP contribution in [-0.2, 0) is 14.2 Å². The first kappa shape index (κ1) is 28.0. The molecule has 0 aliphatic carbocycles. The SMILES string of the molecule is Nc1nc2cc3oc([C@H]4C[C@H](OC(=O)c5ccccc5C(=O)c5ccccc5)[C@@H](COC(=O)c5ccccc5)O4)nc3cc2[nH]1. The minimum atomic E-state index is -0.850. The number of hydrogen-bond acceptors (Lipinski definition) is 10. The van der Waals surface area contributed by atoms with Crippen molar-refractivity contribution >= 4 is 45.8 Å². The van der Waals surface area contributed by atoms with E-state index in [2.05, 4.69) is 15.0 Å². The molecule has 1 aliphatic heterocycles. The Balaban J connectivity index is 1.15. The zero-order chi connectivity index (χ0) is 30.9. The lowest BCUT2D eigenvalue weighted by atomic mass is 9.98. The fourth-order valence-corrected chi connectivity index (χ4v) is 5.37. The summed E-state index contributed by atoms with van der Waals surface area (Å²) >= 11 is 0. The number of esters is 2. The van der Waals surface area contributed by atoms with Crippen molar-refractivity contribution in [2.75, 3.05) is 12.3 Å². The Bertz CT molecular complexity index is 1990. The number of anilines is 1. The zero-order valence-corrected chi connectivity index (χ0v) is 23.7. The van der Waals surface area contributed by atoms with Crippen molar-refractivity contribution in [3.8, 4) is 0 Å². The monoisotopic (exact) mass is 602 g/mol. The van der Waals surface area contributed by atoms with Crippen LogP contribution in [0.15, 0.2) is 101 Å². The van der Waals surface area contributed by atoms with Crippen molar-refractivity contribution in [2.45, 2.75) is 24.7 Å². The van der Waals surface area contributed by atoms with E-state index in [4.69, 9.17) is 24.4 Å². The third-order valence-corrected chi connectivity index (χ3v) is 7.58. The molecule has 0 amide bonds. The molecule has 4 aromatic carbocycles. The predicted octanol–water partition coefficient (Wildman–Crippen LogP) is 5.43. The van der Waals surface area contributed by atoms with Crippen LogP contribution in [0.4, 0.5) is 5.95 Å². The van der Waals surface area contributed by atoms with Gasteiger partial charge in [-0.25, -0.2) is 19.6 Å². The Morgan fingerprint density at radius 1 is 0.822 bits per heavy atom. The van der Waals surface area contributed by atoms with Gasteiger partial charge in [-0.1, -0.05) is 66.7 Å². The average Bonchev–Trinajstić information content (AvgIpc) is 3.78. The molecule has 45 heavy (non-hydrogen) atoms. The molecule has 224 valence electrons. The van der Waals surface area contributed by atoms with Crippen molar-refractivity contribution in [3.63, 3.8) is 0 Å². The number of nitrogen functional groups attached to an aromatic ring is 1. The van der Waals surface area contributed by atoms with E-state index < -0.39 is 30.3 Å². The van der Waals surface area contributed by atoms with Crippen LogP contribution in [0.1, 0.15) is 55.1 Å². The normalized spacial score (nSPS) is 17.8. The van der Waals surface area contributed by atoms with Gasteiger partial charge in [-0.15, -0.1) is 0 Å². The van der Waals surface area contributed by atoms with E-state index in [9.17, 15) is 14.4 Å². The summed E-state index contributed by atoms with van der Waals surface area (Å²) in [6.45, 7) is -0.195. The quantitative estimate of drug-likeness (QED) is 0.170. The van der Waals surface area contributed by atoms with Gasteiger partial charge in [0, 0.05) is 23.6 Å². The van der Waals surface area contributed by atoms with E-state index in [1.807, 2.05) is 6.07 Å². The zero-order valence-electron chi connectivity index (χ0n) is 23.7. The van der Waals surface area contributed by atoms with Crippen molar-refractivity contribution in [3.05, 3.63) is 125 Å². The van der Waals surface area contributed by atoms with Crippen molar-refractivity contribution in [1.29, 1.82) is 0 Å². The number of nitrogens with zero attached hydrogens (tertiary/aromatic N) is 2. The van der Waals surface area contributed by atoms with E-state index in [-0.39, 0.29) is 41.8 Å². The molecule has 0 unspecified atom stereocenters. The summed E-state index contributed by atoms with van der Waals surface area (Å²) in [7, 11) is 0. The van der Waals surface area contributed by atoms with Crippen LogP contribution in [-0.4, -0.2) is 51.5 Å². The van der Waals surface area contributed by atoms with Crippen LogP contribution in [0.5, 0.6) is 0 Å². The Morgan fingerprint density at radius 3 is 2.27 bits per heavy atom. The van der Waals surface area contributed by atoms with Gasteiger partial charge >= 0.3 is 11.9 Å². The molecule has 3 N–H and O–H groups in total. The van der Waals surface area contributed by atoms with E-state index in [0.717, 1.165) is 0 Å². The maximum atomic E-state index is 13.6. The number of rotatable bonds is 8. The number of nitrogens with one attached hydrogen (secondary N) is 1. The molecule has 3 atom stereocenters. The van der Waals surface area contributed by atoms with Gasteiger partial charge in [-0.3, -0.25) is 4.79 Å². The second-order valence-electron chi connectivity index (χ2n) is 10.6. The highest BCUT2D eigenvalue weighted by atomic mass is 16.6. The Morgan fingerprint density at radius 2 is 1.51 bits per heavy atom. The number of fused-ring (bicyclic) bond motifs is 2. The molecule has 2 aromatic heterocycles. The number of ketones is 1. The number of nitrogens with two attached hydrogens (primary N) is 1. The van der Waals surface area contributed by atoms with E-state index >= 15 is 0 Å². The number of oxazole rings is 1. The van der Waals surface area contributed by atoms with Crippen LogP contribution in [0.25, 0.3) is 22.1 Å². The molecular weight excluding hydrogens is 576 g/mol. The third-order valence-electron chi connectivity index (χ3n) is 7.58. The van der Waals surface area contributed by atoms with E-state index in [0.29, 0.717) is 33.3 Å². The van der Waals surface area contributed by atoms with Gasteiger partial charge in [0.05, 0.1) is 22.2 Å². The van der Waals surface area contributed by atoms with Crippen LogP contribution in [0.3, 0.4) is 0 Å². The number of hydrogen-bond donors (Lipinski definition) is 2. The van der Waals surface area contributed by atoms with Crippen molar-refractivity contribution in [1.82, 2.24) is 15.0 Å². The number of carbonyl (C=O) groups excluding carboxylic acids is 3. The summed E-state index contributed by atoms with van der Waals surface area (Å²) in [5.41, 5.74) is 9.27. The lowest BCUT2D eigenvalue weighted by molar-refractivity contribution is -0.0464. The van der Waals surface area contributed by atoms with Crippen LogP contribution >= 0.6 is 0 Å². The minimum absolute atomic E-state index is 0.110. The Kier molecular flexibility index (Phi) is 7.28. The molecule has 3 heterocycles. The molecule has 0 bridgehead atoms. The summed E-state index contributed by atoms with van der Waals surface area (Å²) in [5, 5.41) is 0. The molecule has 0 spiro atoms. The fourth-order valence-electron chi connectivity index (χ4n) is 5.37. The molecule has 11 heteroatoms. The number of imidazole rings is 1. The van der Waals surface area contributed by atoms with Gasteiger partial charge in [0.25, 0.3) is 0 Å². The molecule has 1 saturated heterocycles. The molecule has 0 saturated carbocycles. The van der Waals surface area contributed by atoms with Gasteiger partial charge in [0.1, 0.15) is 30.4 Å². The van der Waals surface area contributed by atoms with Crippen LogP contribution in [0.2, 0.25) is 0 Å². The summed E-state index contributed by atoms with van der Waals surface area (Å²) in [6, 6.07) is 27.2. The Labute approximate surface area is 255 Å². The maximum absolute atomic E-state index is 13.6. The summed E-state index contributed by atoms with van der Waals surface area (Å²) < 4.78 is 23.8. The first-order valence-electron chi connectivity index (χ1n) is 14.3. The molecule has 7 rings (SSSR count). The summed E-state index contributed by atoms with van der Waals surface area (Å²) in [4.78, 5) is 51.4. The van der Waals surface area contributed by atoms with E-state index in [1.54, 1.807) is 91.0 Å². The molecule has 1 aliphatic rings. The third kappa shape index (κ3) is 5.64. The highest BCUT2D eigenvalue weighted by Gasteiger charge is 2.42. The lowest BCUT2D eigenvalue weighted by Crippen LogP contribution is -2.32. The van der Waals surface area contributed by atoms with Gasteiger partial charge in [0.15, 0.2) is 17.3 Å². The number of aromatic nitrogens is 3. The molecule has 11 nitrogen and oxygen atoms in total. The number of ether oxygens (including phenoxy) is 3. The molecule has 1 fully saturated rings. The maximum Gasteiger partial charge on any atom is 0.339 e. The van der Waals surface area contributed by atoms with Crippen LogP contribution < -0.4 is 5.73 Å². The molecule has 0 radical (unpaired) electrons. The number of benzene rings is 4. The highest BCUT2D eigenvalue weighted by Crippen LogP contribution is 2.37. The van der Waals surface area contributed by atoms with Crippen molar-refractivity contribution in [2.24, 2.45) is 0 Å². The topological polar surface area (TPSA) is 160 Å². The second-order valence-corrected chi connectivity index (χ2v) is 10.6. The number of aromatic amines is 1. The first-order valence-corrected chi connectivity index (χ1v) is 14.3. The second kappa shape index (κ2) is 11.7. The molecular formula is C34H26N4O7. The standard InChI is InChI=1S/C34H26N4O7/c35-34-37-23-15-25-26(16-24(23)38-34)44-31(36-25)28-17-27(29(43-28)18-42-32(40)20-11-5-2-6-12-20)45-33(41)22-14-8-7-13-21(22)30(39)19-9-3-1-4-10-19/h1-16,27-29H,17-18H2,(H3,35,37,38)/t27-,28+,29+/m0/s1. The largest absolute Gasteiger partial charge is 0.459 e. The highest BCUT2D eigenvalue weighted by molar-refractivity contribution is 6.14. The van der Waals surface area contributed by atoms with Crippen molar-refractivity contribution < 1.29 is 33.0 Å². The smallest absolute Gasteiger partial charge is 0.339 e. The lowest BCUT2D eigenvalue weighted by Gasteiger charge is -2.19. The van der Waals surface area contributed by atoms with Gasteiger partial charge in [-0.05, 0) is 24.3 Å². The van der Waals surface area contributed by atoms with Gasteiger partial charge in [-0.2, -0.15) is 0 Å².